The van der Waals surface area contributed by atoms with E-state index in [1.807, 2.05) is 42.5 Å². The molecule has 0 spiro atoms. The van der Waals surface area contributed by atoms with Crippen molar-refractivity contribution in [1.82, 2.24) is 0 Å². The molecule has 1 atom stereocenters. The van der Waals surface area contributed by atoms with Gasteiger partial charge in [-0.25, -0.2) is 0 Å². The standard InChI is InChI=1S/C19H16N2/c20-14-17(13-15-7-2-1-3-8-15)21-19-12-6-10-16-9-4-5-11-18(16)19/h1-12,17,21H,13H2. The van der Waals surface area contributed by atoms with Crippen molar-refractivity contribution in [2.75, 3.05) is 5.32 Å². The highest BCUT2D eigenvalue weighted by molar-refractivity contribution is 5.93. The van der Waals surface area contributed by atoms with Crippen LogP contribution in [0.15, 0.2) is 72.8 Å². The summed E-state index contributed by atoms with van der Waals surface area (Å²) in [5.74, 6) is 0. The fourth-order valence-electron chi connectivity index (χ4n) is 2.52. The summed E-state index contributed by atoms with van der Waals surface area (Å²) in [5.41, 5.74) is 2.17. The van der Waals surface area contributed by atoms with E-state index in [1.165, 1.54) is 5.39 Å². The van der Waals surface area contributed by atoms with Crippen LogP contribution in [0.4, 0.5) is 5.69 Å². The summed E-state index contributed by atoms with van der Waals surface area (Å²) < 4.78 is 0. The predicted molar refractivity (Wildman–Crippen MR) is 87.1 cm³/mol. The van der Waals surface area contributed by atoms with Gasteiger partial charge in [0.25, 0.3) is 0 Å². The molecule has 3 aromatic carbocycles. The van der Waals surface area contributed by atoms with Crippen molar-refractivity contribution in [3.63, 3.8) is 0 Å². The average Bonchev–Trinajstić information content (AvgIpc) is 2.55. The third-order valence-corrected chi connectivity index (χ3v) is 3.56. The van der Waals surface area contributed by atoms with Crippen LogP contribution in [0.2, 0.25) is 0 Å². The topological polar surface area (TPSA) is 35.8 Å². The van der Waals surface area contributed by atoms with Gasteiger partial charge in [0.2, 0.25) is 0 Å². The Morgan fingerprint density at radius 3 is 2.38 bits per heavy atom. The number of nitriles is 1. The molecule has 0 bridgehead atoms. The van der Waals surface area contributed by atoms with E-state index in [2.05, 4.69) is 41.7 Å². The molecule has 1 N–H and O–H groups in total. The molecule has 0 aromatic heterocycles. The van der Waals surface area contributed by atoms with Gasteiger partial charge < -0.3 is 5.32 Å². The van der Waals surface area contributed by atoms with Gasteiger partial charge in [-0.2, -0.15) is 5.26 Å². The molecule has 0 amide bonds. The van der Waals surface area contributed by atoms with Crippen LogP contribution in [-0.4, -0.2) is 6.04 Å². The Balaban J connectivity index is 1.85. The summed E-state index contributed by atoms with van der Waals surface area (Å²) in [6.45, 7) is 0. The Kier molecular flexibility index (Phi) is 3.84. The van der Waals surface area contributed by atoms with Gasteiger partial charge in [-0.05, 0) is 17.0 Å². The lowest BCUT2D eigenvalue weighted by atomic mass is 10.0. The van der Waals surface area contributed by atoms with Gasteiger partial charge in [-0.15, -0.1) is 0 Å². The second-order valence-corrected chi connectivity index (χ2v) is 5.04. The minimum atomic E-state index is -0.238. The number of fused-ring (bicyclic) bond motifs is 1. The minimum absolute atomic E-state index is 0.238. The summed E-state index contributed by atoms with van der Waals surface area (Å²) >= 11 is 0. The highest BCUT2D eigenvalue weighted by Gasteiger charge is 2.09. The van der Waals surface area contributed by atoms with E-state index >= 15 is 0 Å². The van der Waals surface area contributed by atoms with Gasteiger partial charge in [0, 0.05) is 17.5 Å². The van der Waals surface area contributed by atoms with Gasteiger partial charge in [0.05, 0.1) is 6.07 Å². The fraction of sp³-hybridized carbons (Fsp3) is 0.105. The highest BCUT2D eigenvalue weighted by Crippen LogP contribution is 2.24. The lowest BCUT2D eigenvalue weighted by Crippen LogP contribution is -2.20. The molecule has 0 aliphatic carbocycles. The smallest absolute Gasteiger partial charge is 0.118 e. The first-order chi connectivity index (χ1) is 10.4. The molecule has 3 aromatic rings. The molecular weight excluding hydrogens is 256 g/mol. The number of nitrogens with zero attached hydrogens (tertiary/aromatic N) is 1. The summed E-state index contributed by atoms with van der Waals surface area (Å²) in [5, 5.41) is 15.1. The maximum atomic E-state index is 9.41. The molecule has 0 heterocycles. The van der Waals surface area contributed by atoms with E-state index in [0.717, 1.165) is 16.6 Å². The van der Waals surface area contributed by atoms with Crippen LogP contribution < -0.4 is 5.32 Å². The summed E-state index contributed by atoms with van der Waals surface area (Å²) in [6.07, 6.45) is 0.695. The van der Waals surface area contributed by atoms with Crippen molar-refractivity contribution in [2.24, 2.45) is 0 Å². The van der Waals surface area contributed by atoms with Crippen molar-refractivity contribution in [2.45, 2.75) is 12.5 Å². The van der Waals surface area contributed by atoms with E-state index in [9.17, 15) is 5.26 Å². The van der Waals surface area contributed by atoms with Crippen molar-refractivity contribution in [1.29, 1.82) is 5.26 Å². The van der Waals surface area contributed by atoms with Gasteiger partial charge in [-0.1, -0.05) is 66.7 Å². The summed E-state index contributed by atoms with van der Waals surface area (Å²) in [4.78, 5) is 0. The maximum absolute atomic E-state index is 9.41. The van der Waals surface area contributed by atoms with E-state index < -0.39 is 0 Å². The molecule has 1 unspecified atom stereocenters. The minimum Gasteiger partial charge on any atom is -0.369 e. The number of anilines is 1. The second-order valence-electron chi connectivity index (χ2n) is 5.04. The first-order valence-corrected chi connectivity index (χ1v) is 7.04. The lowest BCUT2D eigenvalue weighted by molar-refractivity contribution is 0.878. The van der Waals surface area contributed by atoms with Gasteiger partial charge >= 0.3 is 0 Å². The molecule has 102 valence electrons. The number of hydrogen-bond donors (Lipinski definition) is 1. The maximum Gasteiger partial charge on any atom is 0.118 e. The van der Waals surface area contributed by atoms with Crippen molar-refractivity contribution in [3.05, 3.63) is 78.4 Å². The first-order valence-electron chi connectivity index (χ1n) is 7.04. The van der Waals surface area contributed by atoms with Crippen LogP contribution in [-0.2, 0) is 6.42 Å². The van der Waals surface area contributed by atoms with Crippen LogP contribution in [0.1, 0.15) is 5.56 Å². The summed E-state index contributed by atoms with van der Waals surface area (Å²) in [7, 11) is 0. The van der Waals surface area contributed by atoms with Crippen molar-refractivity contribution < 1.29 is 0 Å². The Morgan fingerprint density at radius 2 is 1.57 bits per heavy atom. The monoisotopic (exact) mass is 272 g/mol. The lowest BCUT2D eigenvalue weighted by Gasteiger charge is -2.15. The Hall–Kier alpha value is -2.79. The number of hydrogen-bond acceptors (Lipinski definition) is 2. The fourth-order valence-corrected chi connectivity index (χ4v) is 2.52. The Labute approximate surface area is 124 Å². The van der Waals surface area contributed by atoms with Crippen molar-refractivity contribution >= 4 is 16.5 Å². The average molecular weight is 272 g/mol. The Bertz CT molecular complexity index is 767. The molecule has 0 saturated heterocycles. The number of rotatable bonds is 4. The molecule has 0 fully saturated rings. The van der Waals surface area contributed by atoms with Crippen LogP contribution in [0, 0.1) is 11.3 Å². The third-order valence-electron chi connectivity index (χ3n) is 3.56. The van der Waals surface area contributed by atoms with Gasteiger partial charge in [0.1, 0.15) is 6.04 Å². The summed E-state index contributed by atoms with van der Waals surface area (Å²) in [6, 6.07) is 26.5. The molecule has 2 nitrogen and oxygen atoms in total. The molecule has 0 aliphatic rings. The van der Waals surface area contributed by atoms with Crippen LogP contribution in [0.5, 0.6) is 0 Å². The Morgan fingerprint density at radius 1 is 0.857 bits per heavy atom. The number of nitrogens with one attached hydrogen (secondary N) is 1. The quantitative estimate of drug-likeness (QED) is 0.764. The van der Waals surface area contributed by atoms with Gasteiger partial charge in [-0.3, -0.25) is 0 Å². The molecule has 21 heavy (non-hydrogen) atoms. The van der Waals surface area contributed by atoms with Gasteiger partial charge in [0.15, 0.2) is 0 Å². The van der Waals surface area contributed by atoms with Crippen LogP contribution >= 0.6 is 0 Å². The zero-order valence-electron chi connectivity index (χ0n) is 11.7. The van der Waals surface area contributed by atoms with Crippen LogP contribution in [0.3, 0.4) is 0 Å². The zero-order valence-corrected chi connectivity index (χ0v) is 11.7. The highest BCUT2D eigenvalue weighted by atomic mass is 14.9. The molecule has 0 saturated carbocycles. The SMILES string of the molecule is N#CC(Cc1ccccc1)Nc1cccc2ccccc12. The number of benzene rings is 3. The van der Waals surface area contributed by atoms with Crippen LogP contribution in [0.25, 0.3) is 10.8 Å². The molecule has 0 radical (unpaired) electrons. The van der Waals surface area contributed by atoms with E-state index in [4.69, 9.17) is 0 Å². The second kappa shape index (κ2) is 6.11. The largest absolute Gasteiger partial charge is 0.369 e. The molecule has 0 aliphatic heterocycles. The third kappa shape index (κ3) is 3.04. The van der Waals surface area contributed by atoms with E-state index in [0.29, 0.717) is 6.42 Å². The molecule has 2 heteroatoms. The molecule has 3 rings (SSSR count). The zero-order chi connectivity index (χ0) is 14.5. The van der Waals surface area contributed by atoms with Crippen molar-refractivity contribution in [3.8, 4) is 6.07 Å². The van der Waals surface area contributed by atoms with E-state index in [1.54, 1.807) is 0 Å². The first kappa shape index (κ1) is 13.2. The van der Waals surface area contributed by atoms with E-state index in [-0.39, 0.29) is 6.04 Å². The predicted octanol–water partition coefficient (Wildman–Crippen LogP) is 4.39. The normalized spacial score (nSPS) is 11.8. The molecular formula is C19H16N2.